The zero-order valence-electron chi connectivity index (χ0n) is 9.80. The van der Waals surface area contributed by atoms with Crippen molar-refractivity contribution in [2.24, 2.45) is 0 Å². The molecule has 1 unspecified atom stereocenters. The maximum atomic E-state index is 5.39. The van der Waals surface area contributed by atoms with Gasteiger partial charge in [0.2, 0.25) is 0 Å². The predicted octanol–water partition coefficient (Wildman–Crippen LogP) is 3.54. The Hall–Kier alpha value is -1.60. The molecule has 0 aliphatic carbocycles. The van der Waals surface area contributed by atoms with E-state index in [1.54, 1.807) is 0 Å². The topological polar surface area (TPSA) is 12.5 Å². The van der Waals surface area contributed by atoms with Crippen LogP contribution in [0.5, 0.6) is 0 Å². The third-order valence-corrected chi connectivity index (χ3v) is 3.26. The molecule has 1 fully saturated rings. The van der Waals surface area contributed by atoms with Gasteiger partial charge < -0.3 is 4.74 Å². The monoisotopic (exact) mass is 224 g/mol. The first-order valence-electron chi connectivity index (χ1n) is 6.17. The van der Waals surface area contributed by atoms with Gasteiger partial charge in [0.1, 0.15) is 6.10 Å². The van der Waals surface area contributed by atoms with E-state index in [-0.39, 0.29) is 0 Å². The second-order valence-corrected chi connectivity index (χ2v) is 4.51. The summed E-state index contributed by atoms with van der Waals surface area (Å²) in [7, 11) is 0. The molecular weight excluding hydrogens is 208 g/mol. The number of hydrogen-bond donors (Lipinski definition) is 0. The van der Waals surface area contributed by atoms with E-state index in [2.05, 4.69) is 54.6 Å². The molecule has 1 atom stereocenters. The van der Waals surface area contributed by atoms with Crippen LogP contribution in [0.3, 0.4) is 0 Å². The number of hydrogen-bond acceptors (Lipinski definition) is 1. The molecule has 1 saturated heterocycles. The maximum Gasteiger partial charge on any atom is 0.106 e. The zero-order valence-corrected chi connectivity index (χ0v) is 9.80. The molecule has 2 aromatic rings. The molecule has 1 heterocycles. The van der Waals surface area contributed by atoms with Crippen LogP contribution in [-0.4, -0.2) is 6.61 Å². The molecule has 0 spiro atoms. The summed E-state index contributed by atoms with van der Waals surface area (Å²) in [5, 5.41) is 0. The van der Waals surface area contributed by atoms with Crippen molar-refractivity contribution in [3.05, 3.63) is 71.3 Å². The second kappa shape index (κ2) is 4.72. The van der Waals surface area contributed by atoms with E-state index in [4.69, 9.17) is 4.74 Å². The number of benzene rings is 2. The number of ether oxygens (including phenoxy) is 1. The SMILES string of the molecule is c1ccc(CCc2ccccc2C2CO2)cc1. The summed E-state index contributed by atoms with van der Waals surface area (Å²) in [5.41, 5.74) is 4.21. The lowest BCUT2D eigenvalue weighted by Crippen LogP contribution is -1.96. The highest BCUT2D eigenvalue weighted by Gasteiger charge is 2.26. The zero-order chi connectivity index (χ0) is 11.5. The van der Waals surface area contributed by atoms with Crippen molar-refractivity contribution < 1.29 is 4.74 Å². The third-order valence-electron chi connectivity index (χ3n) is 3.26. The maximum absolute atomic E-state index is 5.39. The lowest BCUT2D eigenvalue weighted by molar-refractivity contribution is 0.414. The van der Waals surface area contributed by atoms with E-state index < -0.39 is 0 Å². The van der Waals surface area contributed by atoms with Gasteiger partial charge in [-0.1, -0.05) is 54.6 Å². The highest BCUT2D eigenvalue weighted by Crippen LogP contribution is 2.32. The van der Waals surface area contributed by atoms with E-state index in [1.165, 1.54) is 16.7 Å². The van der Waals surface area contributed by atoms with Crippen molar-refractivity contribution in [2.75, 3.05) is 6.61 Å². The smallest absolute Gasteiger partial charge is 0.106 e. The molecule has 0 amide bonds. The lowest BCUT2D eigenvalue weighted by Gasteiger charge is -2.07. The fourth-order valence-electron chi connectivity index (χ4n) is 2.23. The van der Waals surface area contributed by atoms with Crippen LogP contribution in [0.25, 0.3) is 0 Å². The van der Waals surface area contributed by atoms with Gasteiger partial charge in [-0.3, -0.25) is 0 Å². The second-order valence-electron chi connectivity index (χ2n) is 4.51. The molecule has 0 bridgehead atoms. The number of rotatable bonds is 4. The summed E-state index contributed by atoms with van der Waals surface area (Å²) >= 11 is 0. The molecule has 1 heteroatoms. The van der Waals surface area contributed by atoms with Crippen molar-refractivity contribution in [2.45, 2.75) is 18.9 Å². The van der Waals surface area contributed by atoms with Gasteiger partial charge in [0.15, 0.2) is 0 Å². The summed E-state index contributed by atoms with van der Waals surface area (Å²) < 4.78 is 5.39. The highest BCUT2D eigenvalue weighted by atomic mass is 16.6. The van der Waals surface area contributed by atoms with Crippen LogP contribution in [0.1, 0.15) is 22.8 Å². The van der Waals surface area contributed by atoms with Gasteiger partial charge in [0.25, 0.3) is 0 Å². The van der Waals surface area contributed by atoms with Gasteiger partial charge >= 0.3 is 0 Å². The van der Waals surface area contributed by atoms with Crippen LogP contribution < -0.4 is 0 Å². The number of epoxide rings is 1. The average Bonchev–Trinajstić information content (AvgIpc) is 3.22. The van der Waals surface area contributed by atoms with Gasteiger partial charge in [0.05, 0.1) is 6.61 Å². The predicted molar refractivity (Wildman–Crippen MR) is 69.0 cm³/mol. The Bertz CT molecular complexity index is 486. The molecular formula is C16H16O. The van der Waals surface area contributed by atoms with Crippen LogP contribution >= 0.6 is 0 Å². The molecule has 2 aromatic carbocycles. The minimum Gasteiger partial charge on any atom is -0.368 e. The summed E-state index contributed by atoms with van der Waals surface area (Å²) in [6.45, 7) is 0.891. The first-order valence-corrected chi connectivity index (χ1v) is 6.17. The first-order chi connectivity index (χ1) is 8.43. The molecule has 1 aliphatic rings. The van der Waals surface area contributed by atoms with E-state index in [0.717, 1.165) is 19.4 Å². The normalized spacial score (nSPS) is 18.0. The van der Waals surface area contributed by atoms with Crippen molar-refractivity contribution in [3.8, 4) is 0 Å². The summed E-state index contributed by atoms with van der Waals surface area (Å²) in [6, 6.07) is 19.3. The van der Waals surface area contributed by atoms with Gasteiger partial charge in [-0.25, -0.2) is 0 Å². The Morgan fingerprint density at radius 3 is 2.35 bits per heavy atom. The van der Waals surface area contributed by atoms with E-state index in [0.29, 0.717) is 6.10 Å². The Balaban J connectivity index is 1.73. The van der Waals surface area contributed by atoms with Crippen LogP contribution in [0, 0.1) is 0 Å². The summed E-state index contributed by atoms with van der Waals surface area (Å²) in [5.74, 6) is 0. The van der Waals surface area contributed by atoms with Crippen molar-refractivity contribution >= 4 is 0 Å². The third kappa shape index (κ3) is 2.56. The molecule has 0 aromatic heterocycles. The van der Waals surface area contributed by atoms with Gasteiger partial charge in [-0.05, 0) is 29.5 Å². The Labute approximate surface area is 102 Å². The standard InChI is InChI=1S/C16H16O/c1-2-6-13(7-3-1)10-11-14-8-4-5-9-15(14)16-12-17-16/h1-9,16H,10-12H2. The van der Waals surface area contributed by atoms with E-state index >= 15 is 0 Å². The lowest BCUT2D eigenvalue weighted by atomic mass is 9.98. The molecule has 86 valence electrons. The molecule has 1 aliphatic heterocycles. The van der Waals surface area contributed by atoms with Crippen molar-refractivity contribution in [1.82, 2.24) is 0 Å². The molecule has 0 radical (unpaired) electrons. The van der Waals surface area contributed by atoms with E-state index in [9.17, 15) is 0 Å². The van der Waals surface area contributed by atoms with Gasteiger partial charge in [0, 0.05) is 0 Å². The molecule has 0 saturated carbocycles. The van der Waals surface area contributed by atoms with Gasteiger partial charge in [-0.15, -0.1) is 0 Å². The fourth-order valence-corrected chi connectivity index (χ4v) is 2.23. The largest absolute Gasteiger partial charge is 0.368 e. The van der Waals surface area contributed by atoms with Gasteiger partial charge in [-0.2, -0.15) is 0 Å². The molecule has 3 rings (SSSR count). The fraction of sp³-hybridized carbons (Fsp3) is 0.250. The Kier molecular flexibility index (Phi) is 2.93. The highest BCUT2D eigenvalue weighted by molar-refractivity contribution is 5.32. The molecule has 0 N–H and O–H groups in total. The minimum absolute atomic E-state index is 0.363. The minimum atomic E-state index is 0.363. The summed E-state index contributed by atoms with van der Waals surface area (Å²) in [6.07, 6.45) is 2.56. The van der Waals surface area contributed by atoms with Crippen LogP contribution in [0.15, 0.2) is 54.6 Å². The Morgan fingerprint density at radius 2 is 1.59 bits per heavy atom. The number of aryl methyl sites for hydroxylation is 2. The van der Waals surface area contributed by atoms with Crippen LogP contribution in [0.4, 0.5) is 0 Å². The first kappa shape index (κ1) is 10.5. The quantitative estimate of drug-likeness (QED) is 0.724. The van der Waals surface area contributed by atoms with Crippen molar-refractivity contribution in [3.63, 3.8) is 0 Å². The van der Waals surface area contributed by atoms with Crippen LogP contribution in [0.2, 0.25) is 0 Å². The van der Waals surface area contributed by atoms with E-state index in [1.807, 2.05) is 0 Å². The van der Waals surface area contributed by atoms with Crippen molar-refractivity contribution in [1.29, 1.82) is 0 Å². The van der Waals surface area contributed by atoms with Crippen LogP contribution in [-0.2, 0) is 17.6 Å². The molecule has 1 nitrogen and oxygen atoms in total. The summed E-state index contributed by atoms with van der Waals surface area (Å²) in [4.78, 5) is 0. The molecule has 17 heavy (non-hydrogen) atoms. The average molecular weight is 224 g/mol. The Morgan fingerprint density at radius 1 is 0.882 bits per heavy atom.